The monoisotopic (exact) mass is 382 g/mol. The molecule has 0 aromatic heterocycles. The number of nitrogens with zero attached hydrogens (tertiary/aromatic N) is 1. The molecule has 0 aliphatic carbocycles. The number of sulfonamides is 1. The lowest BCUT2D eigenvalue weighted by Crippen LogP contribution is -2.52. The van der Waals surface area contributed by atoms with Gasteiger partial charge in [-0.05, 0) is 35.0 Å². The minimum absolute atomic E-state index is 0.0958. The highest BCUT2D eigenvalue weighted by Gasteiger charge is 2.32. The van der Waals surface area contributed by atoms with Crippen LogP contribution in [0.1, 0.15) is 6.92 Å². The van der Waals surface area contributed by atoms with Crippen molar-refractivity contribution in [3.8, 4) is 5.75 Å². The molecule has 1 N–H and O–H groups in total. The van der Waals surface area contributed by atoms with Crippen LogP contribution in [0.4, 0.5) is 0 Å². The Hall–Kier alpha value is -0.340. The van der Waals surface area contributed by atoms with Crippen molar-refractivity contribution < 1.29 is 13.2 Å². The summed E-state index contributed by atoms with van der Waals surface area (Å²) in [6, 6.07) is 2.90. The van der Waals surface area contributed by atoms with Crippen LogP contribution in [0.25, 0.3) is 0 Å². The van der Waals surface area contributed by atoms with E-state index in [2.05, 4.69) is 21.2 Å². The Labute approximate surface area is 132 Å². The Balaban J connectivity index is 2.46. The molecule has 8 heteroatoms. The molecule has 0 bridgehead atoms. The predicted octanol–water partition coefficient (Wildman–Crippen LogP) is 2.09. The van der Waals surface area contributed by atoms with Crippen LogP contribution in [0, 0.1) is 0 Å². The number of benzene rings is 1. The highest BCUT2D eigenvalue weighted by Crippen LogP contribution is 2.35. The Morgan fingerprint density at radius 1 is 1.50 bits per heavy atom. The van der Waals surface area contributed by atoms with E-state index in [0.717, 1.165) is 0 Å². The van der Waals surface area contributed by atoms with Crippen LogP contribution in [0.5, 0.6) is 5.75 Å². The van der Waals surface area contributed by atoms with Gasteiger partial charge in [0.05, 0.1) is 17.0 Å². The quantitative estimate of drug-likeness (QED) is 0.868. The number of hydrogen-bond acceptors (Lipinski definition) is 4. The van der Waals surface area contributed by atoms with E-state index >= 15 is 0 Å². The number of piperazine rings is 1. The molecule has 1 atom stereocenters. The van der Waals surface area contributed by atoms with E-state index in [1.807, 2.05) is 6.92 Å². The molecule has 2 rings (SSSR count). The van der Waals surface area contributed by atoms with Crippen molar-refractivity contribution in [3.63, 3.8) is 0 Å². The van der Waals surface area contributed by atoms with Crippen LogP contribution in [0.2, 0.25) is 5.02 Å². The number of ether oxygens (including phenoxy) is 1. The molecule has 1 aromatic carbocycles. The number of rotatable bonds is 3. The summed E-state index contributed by atoms with van der Waals surface area (Å²) in [5.74, 6) is 0.436. The summed E-state index contributed by atoms with van der Waals surface area (Å²) >= 11 is 9.33. The first kappa shape index (κ1) is 16.0. The van der Waals surface area contributed by atoms with Gasteiger partial charge in [0.15, 0.2) is 0 Å². The molecule has 0 amide bonds. The molecule has 5 nitrogen and oxygen atoms in total. The third-order valence-corrected chi connectivity index (χ3v) is 6.50. The largest absolute Gasteiger partial charge is 0.495 e. The van der Waals surface area contributed by atoms with Gasteiger partial charge in [-0.2, -0.15) is 4.31 Å². The molecule has 1 heterocycles. The number of nitrogens with one attached hydrogen (secondary N) is 1. The van der Waals surface area contributed by atoms with E-state index < -0.39 is 10.0 Å². The van der Waals surface area contributed by atoms with Gasteiger partial charge in [-0.15, -0.1) is 0 Å². The second-order valence-electron chi connectivity index (χ2n) is 4.59. The molecule has 0 spiro atoms. The molecule has 1 aliphatic rings. The van der Waals surface area contributed by atoms with E-state index in [4.69, 9.17) is 16.3 Å². The van der Waals surface area contributed by atoms with Crippen LogP contribution in [0.15, 0.2) is 21.5 Å². The fourth-order valence-corrected chi connectivity index (χ4v) is 5.12. The molecule has 1 aliphatic heterocycles. The van der Waals surface area contributed by atoms with E-state index in [-0.39, 0.29) is 16.0 Å². The third kappa shape index (κ3) is 2.96. The summed E-state index contributed by atoms with van der Waals surface area (Å²) in [5.41, 5.74) is 0. The lowest BCUT2D eigenvalue weighted by Gasteiger charge is -2.33. The van der Waals surface area contributed by atoms with Crippen LogP contribution in [-0.2, 0) is 10.0 Å². The Bertz CT molecular complexity index is 609. The summed E-state index contributed by atoms with van der Waals surface area (Å²) < 4.78 is 32.5. The minimum Gasteiger partial charge on any atom is -0.495 e. The molecule has 0 saturated carbocycles. The van der Waals surface area contributed by atoms with Crippen molar-refractivity contribution in [2.24, 2.45) is 0 Å². The van der Waals surface area contributed by atoms with Crippen molar-refractivity contribution in [2.75, 3.05) is 26.7 Å². The standard InChI is InChI=1S/C12H16BrClN2O3S/c1-8-7-15-3-4-16(8)20(17,18)12-6-10(14)11(19-2)5-9(12)13/h5-6,8,15H,3-4,7H2,1-2H3. The van der Waals surface area contributed by atoms with E-state index in [0.29, 0.717) is 29.9 Å². The van der Waals surface area contributed by atoms with Gasteiger partial charge in [-0.3, -0.25) is 0 Å². The molecule has 1 fully saturated rings. The smallest absolute Gasteiger partial charge is 0.244 e. The Kier molecular flexibility index (Phi) is 4.96. The maximum absolute atomic E-state index is 12.7. The number of methoxy groups -OCH3 is 1. The maximum atomic E-state index is 12.7. The summed E-state index contributed by atoms with van der Waals surface area (Å²) in [6.45, 7) is 3.61. The van der Waals surface area contributed by atoms with Crippen molar-refractivity contribution >= 4 is 37.6 Å². The zero-order valence-electron chi connectivity index (χ0n) is 11.2. The van der Waals surface area contributed by atoms with Crippen molar-refractivity contribution in [2.45, 2.75) is 17.9 Å². The number of halogens is 2. The predicted molar refractivity (Wildman–Crippen MR) is 81.9 cm³/mol. The van der Waals surface area contributed by atoms with Crippen LogP contribution in [0.3, 0.4) is 0 Å². The van der Waals surface area contributed by atoms with Crippen LogP contribution in [-0.4, -0.2) is 45.5 Å². The average molecular weight is 384 g/mol. The summed E-state index contributed by atoms with van der Waals surface area (Å²) in [5, 5.41) is 3.44. The second-order valence-corrected chi connectivity index (χ2v) is 7.71. The van der Waals surface area contributed by atoms with Crippen LogP contribution >= 0.6 is 27.5 Å². The first-order valence-corrected chi connectivity index (χ1v) is 8.74. The molecule has 1 unspecified atom stereocenters. The molecule has 0 radical (unpaired) electrons. The van der Waals surface area contributed by atoms with Gasteiger partial charge in [0.1, 0.15) is 5.75 Å². The minimum atomic E-state index is -3.58. The van der Waals surface area contributed by atoms with Crippen LogP contribution < -0.4 is 10.1 Å². The van der Waals surface area contributed by atoms with Gasteiger partial charge in [0.25, 0.3) is 0 Å². The Morgan fingerprint density at radius 2 is 2.20 bits per heavy atom. The van der Waals surface area contributed by atoms with E-state index in [1.54, 1.807) is 6.07 Å². The van der Waals surface area contributed by atoms with Crippen molar-refractivity contribution in [1.29, 1.82) is 0 Å². The highest BCUT2D eigenvalue weighted by molar-refractivity contribution is 9.10. The second kappa shape index (κ2) is 6.19. The third-order valence-electron chi connectivity index (χ3n) is 3.23. The zero-order chi connectivity index (χ0) is 14.9. The van der Waals surface area contributed by atoms with E-state index in [1.165, 1.54) is 17.5 Å². The van der Waals surface area contributed by atoms with Crippen molar-refractivity contribution in [3.05, 3.63) is 21.6 Å². The maximum Gasteiger partial charge on any atom is 0.244 e. The first-order valence-electron chi connectivity index (χ1n) is 6.13. The van der Waals surface area contributed by atoms with Gasteiger partial charge >= 0.3 is 0 Å². The summed E-state index contributed by atoms with van der Waals surface area (Å²) in [6.07, 6.45) is 0. The molecule has 1 aromatic rings. The molecular weight excluding hydrogens is 368 g/mol. The molecular formula is C12H16BrClN2O3S. The SMILES string of the molecule is COc1cc(Br)c(S(=O)(=O)N2CCNCC2C)cc1Cl. The summed E-state index contributed by atoms with van der Waals surface area (Å²) in [4.78, 5) is 0.164. The zero-order valence-corrected chi connectivity index (χ0v) is 14.3. The van der Waals surface area contributed by atoms with Crippen molar-refractivity contribution in [1.82, 2.24) is 9.62 Å². The Morgan fingerprint density at radius 3 is 2.80 bits per heavy atom. The van der Waals surface area contributed by atoms with Gasteiger partial charge in [-0.1, -0.05) is 11.6 Å². The normalized spacial score (nSPS) is 20.9. The lowest BCUT2D eigenvalue weighted by molar-refractivity contribution is 0.283. The van der Waals surface area contributed by atoms with E-state index in [9.17, 15) is 8.42 Å². The van der Waals surface area contributed by atoms with Gasteiger partial charge in [-0.25, -0.2) is 8.42 Å². The van der Waals surface area contributed by atoms with Gasteiger partial charge in [0.2, 0.25) is 10.0 Å². The molecule has 112 valence electrons. The topological polar surface area (TPSA) is 58.6 Å². The first-order chi connectivity index (χ1) is 9.37. The fourth-order valence-electron chi connectivity index (χ4n) is 2.17. The van der Waals surface area contributed by atoms with Gasteiger partial charge < -0.3 is 10.1 Å². The molecule has 1 saturated heterocycles. The lowest BCUT2D eigenvalue weighted by atomic mass is 10.3. The van der Waals surface area contributed by atoms with Gasteiger partial charge in [0, 0.05) is 30.1 Å². The average Bonchev–Trinajstić information content (AvgIpc) is 2.41. The fraction of sp³-hybridized carbons (Fsp3) is 0.500. The summed E-state index contributed by atoms with van der Waals surface area (Å²) in [7, 11) is -2.10. The number of hydrogen-bond donors (Lipinski definition) is 1. The highest BCUT2D eigenvalue weighted by atomic mass is 79.9. The molecule has 20 heavy (non-hydrogen) atoms.